The Bertz CT molecular complexity index is 501. The van der Waals surface area contributed by atoms with E-state index in [1.54, 1.807) is 12.1 Å². The number of likely N-dealkylation sites (N-methyl/N-ethyl adjacent to an activating group) is 1. The highest BCUT2D eigenvalue weighted by atomic mass is 19.1. The third-order valence-electron chi connectivity index (χ3n) is 4.30. The smallest absolute Gasteiger partial charge is 0.196 e. The zero-order chi connectivity index (χ0) is 13.6. The SMILES string of the molecule is CC1CC2(CN=C(N)N2c2ccc(F)cc2)CN1C. The summed E-state index contributed by atoms with van der Waals surface area (Å²) in [6.45, 7) is 3.85. The molecule has 0 bridgehead atoms. The minimum absolute atomic E-state index is 0.0733. The number of nitrogens with zero attached hydrogens (tertiary/aromatic N) is 3. The largest absolute Gasteiger partial charge is 0.369 e. The lowest BCUT2D eigenvalue weighted by Gasteiger charge is -2.35. The van der Waals surface area contributed by atoms with E-state index in [1.807, 2.05) is 0 Å². The van der Waals surface area contributed by atoms with Gasteiger partial charge in [-0.1, -0.05) is 0 Å². The van der Waals surface area contributed by atoms with E-state index in [9.17, 15) is 4.39 Å². The highest BCUT2D eigenvalue weighted by Crippen LogP contribution is 2.38. The summed E-state index contributed by atoms with van der Waals surface area (Å²) >= 11 is 0. The van der Waals surface area contributed by atoms with Gasteiger partial charge in [0.1, 0.15) is 5.82 Å². The van der Waals surface area contributed by atoms with Crippen molar-refractivity contribution >= 4 is 11.6 Å². The van der Waals surface area contributed by atoms with Crippen molar-refractivity contribution in [1.29, 1.82) is 0 Å². The Morgan fingerprint density at radius 3 is 2.63 bits per heavy atom. The van der Waals surface area contributed by atoms with Crippen LogP contribution in [-0.2, 0) is 0 Å². The average Bonchev–Trinajstić information content (AvgIpc) is 2.82. The van der Waals surface area contributed by atoms with Crippen LogP contribution < -0.4 is 10.6 Å². The van der Waals surface area contributed by atoms with Gasteiger partial charge in [-0.3, -0.25) is 4.99 Å². The van der Waals surface area contributed by atoms with E-state index in [2.05, 4.69) is 28.8 Å². The number of nitrogens with two attached hydrogens (primary N) is 1. The van der Waals surface area contributed by atoms with E-state index in [1.165, 1.54) is 12.1 Å². The summed E-state index contributed by atoms with van der Waals surface area (Å²) in [7, 11) is 2.12. The van der Waals surface area contributed by atoms with Gasteiger partial charge < -0.3 is 15.5 Å². The van der Waals surface area contributed by atoms with Crippen molar-refractivity contribution in [3.8, 4) is 0 Å². The van der Waals surface area contributed by atoms with Crippen molar-refractivity contribution < 1.29 is 4.39 Å². The van der Waals surface area contributed by atoms with E-state index in [0.29, 0.717) is 18.5 Å². The molecule has 0 radical (unpaired) electrons. The molecular formula is C14H19FN4. The lowest BCUT2D eigenvalue weighted by Crippen LogP contribution is -2.53. The van der Waals surface area contributed by atoms with Crippen LogP contribution in [0.25, 0.3) is 0 Å². The van der Waals surface area contributed by atoms with E-state index in [4.69, 9.17) is 5.73 Å². The van der Waals surface area contributed by atoms with Crippen LogP contribution in [0.2, 0.25) is 0 Å². The molecule has 1 aromatic carbocycles. The van der Waals surface area contributed by atoms with Gasteiger partial charge in [0.25, 0.3) is 0 Å². The zero-order valence-corrected chi connectivity index (χ0v) is 11.3. The zero-order valence-electron chi connectivity index (χ0n) is 11.3. The van der Waals surface area contributed by atoms with E-state index < -0.39 is 0 Å². The quantitative estimate of drug-likeness (QED) is 0.832. The second-order valence-electron chi connectivity index (χ2n) is 5.68. The summed E-state index contributed by atoms with van der Waals surface area (Å²) in [5.41, 5.74) is 6.90. The van der Waals surface area contributed by atoms with Crippen LogP contribution >= 0.6 is 0 Å². The number of anilines is 1. The average molecular weight is 262 g/mol. The normalized spacial score (nSPS) is 31.2. The molecule has 2 unspecified atom stereocenters. The van der Waals surface area contributed by atoms with E-state index >= 15 is 0 Å². The lowest BCUT2D eigenvalue weighted by molar-refractivity contribution is 0.322. The van der Waals surface area contributed by atoms with Gasteiger partial charge >= 0.3 is 0 Å². The van der Waals surface area contributed by atoms with Gasteiger partial charge in [0.2, 0.25) is 0 Å². The molecule has 2 aliphatic rings. The fourth-order valence-electron chi connectivity index (χ4n) is 3.28. The molecule has 5 heteroatoms. The van der Waals surface area contributed by atoms with Crippen molar-refractivity contribution in [2.24, 2.45) is 10.7 Å². The maximum absolute atomic E-state index is 13.1. The van der Waals surface area contributed by atoms with Crippen molar-refractivity contribution in [2.45, 2.75) is 24.9 Å². The maximum Gasteiger partial charge on any atom is 0.196 e. The highest BCUT2D eigenvalue weighted by molar-refractivity contribution is 5.98. The molecule has 1 spiro atoms. The van der Waals surface area contributed by atoms with Crippen LogP contribution in [0.1, 0.15) is 13.3 Å². The van der Waals surface area contributed by atoms with Gasteiger partial charge in [0, 0.05) is 18.3 Å². The van der Waals surface area contributed by atoms with Crippen LogP contribution in [0.5, 0.6) is 0 Å². The Hall–Kier alpha value is -1.62. The minimum atomic E-state index is -0.232. The molecule has 0 amide bonds. The number of likely N-dealkylation sites (tertiary alicyclic amines) is 1. The highest BCUT2D eigenvalue weighted by Gasteiger charge is 2.49. The summed E-state index contributed by atoms with van der Waals surface area (Å²) in [6.07, 6.45) is 1.02. The van der Waals surface area contributed by atoms with Crippen LogP contribution in [0.3, 0.4) is 0 Å². The predicted molar refractivity (Wildman–Crippen MR) is 74.8 cm³/mol. The third kappa shape index (κ3) is 1.89. The Balaban J connectivity index is 1.97. The first kappa shape index (κ1) is 12.4. The molecule has 2 aliphatic heterocycles. The Kier molecular flexibility index (Phi) is 2.74. The van der Waals surface area contributed by atoms with Gasteiger partial charge in [-0.2, -0.15) is 0 Å². The number of halogens is 1. The molecule has 1 saturated heterocycles. The molecular weight excluding hydrogens is 243 g/mol. The standard InChI is InChI=1S/C14H19FN4/c1-10-7-14(9-18(10)2)8-17-13(16)19(14)12-5-3-11(15)4-6-12/h3-6,10H,7-9H2,1-2H3,(H2,16,17). The number of benzene rings is 1. The molecule has 19 heavy (non-hydrogen) atoms. The molecule has 1 aromatic rings. The minimum Gasteiger partial charge on any atom is -0.369 e. The summed E-state index contributed by atoms with van der Waals surface area (Å²) in [5, 5.41) is 0. The number of aliphatic imine (C=N–C) groups is 1. The molecule has 3 rings (SSSR count). The predicted octanol–water partition coefficient (Wildman–Crippen LogP) is 1.42. The lowest BCUT2D eigenvalue weighted by atomic mass is 9.94. The van der Waals surface area contributed by atoms with Crippen LogP contribution in [0, 0.1) is 5.82 Å². The molecule has 0 aliphatic carbocycles. The Morgan fingerprint density at radius 2 is 2.05 bits per heavy atom. The number of rotatable bonds is 1. The molecule has 2 atom stereocenters. The van der Waals surface area contributed by atoms with Gasteiger partial charge in [-0.25, -0.2) is 4.39 Å². The number of guanidine groups is 1. The topological polar surface area (TPSA) is 44.9 Å². The Morgan fingerprint density at radius 1 is 1.37 bits per heavy atom. The summed E-state index contributed by atoms with van der Waals surface area (Å²) in [6, 6.07) is 6.98. The first-order valence-electron chi connectivity index (χ1n) is 6.58. The molecule has 0 aromatic heterocycles. The fourth-order valence-corrected chi connectivity index (χ4v) is 3.28. The van der Waals surface area contributed by atoms with Crippen LogP contribution in [0.4, 0.5) is 10.1 Å². The summed E-state index contributed by atoms with van der Waals surface area (Å²) in [5.74, 6) is 0.304. The number of hydrogen-bond acceptors (Lipinski definition) is 4. The van der Waals surface area contributed by atoms with Crippen molar-refractivity contribution in [1.82, 2.24) is 4.90 Å². The van der Waals surface area contributed by atoms with Gasteiger partial charge in [0.05, 0.1) is 12.1 Å². The molecule has 2 N–H and O–H groups in total. The fraction of sp³-hybridized carbons (Fsp3) is 0.500. The molecule has 4 nitrogen and oxygen atoms in total. The van der Waals surface area contributed by atoms with Crippen molar-refractivity contribution in [3.05, 3.63) is 30.1 Å². The van der Waals surface area contributed by atoms with Crippen LogP contribution in [-0.4, -0.2) is 42.6 Å². The summed E-state index contributed by atoms with van der Waals surface area (Å²) in [4.78, 5) is 8.82. The maximum atomic E-state index is 13.1. The van der Waals surface area contributed by atoms with Gasteiger partial charge in [-0.05, 0) is 44.7 Å². The monoisotopic (exact) mass is 262 g/mol. The van der Waals surface area contributed by atoms with Crippen molar-refractivity contribution in [2.75, 3.05) is 25.0 Å². The van der Waals surface area contributed by atoms with Crippen LogP contribution in [0.15, 0.2) is 29.3 Å². The van der Waals surface area contributed by atoms with E-state index in [-0.39, 0.29) is 11.4 Å². The second-order valence-corrected chi connectivity index (χ2v) is 5.68. The molecule has 0 saturated carbocycles. The number of hydrogen-bond donors (Lipinski definition) is 1. The summed E-state index contributed by atoms with van der Waals surface area (Å²) < 4.78 is 13.1. The van der Waals surface area contributed by atoms with E-state index in [0.717, 1.165) is 18.7 Å². The molecule has 1 fully saturated rings. The second kappa shape index (κ2) is 4.20. The van der Waals surface area contributed by atoms with Crippen molar-refractivity contribution in [3.63, 3.8) is 0 Å². The first-order chi connectivity index (χ1) is 9.02. The molecule has 102 valence electrons. The first-order valence-corrected chi connectivity index (χ1v) is 6.58. The van der Waals surface area contributed by atoms with Gasteiger partial charge in [0.15, 0.2) is 5.96 Å². The van der Waals surface area contributed by atoms with Gasteiger partial charge in [-0.15, -0.1) is 0 Å². The third-order valence-corrected chi connectivity index (χ3v) is 4.30. The Labute approximate surface area is 112 Å². The molecule has 2 heterocycles.